The number of rotatable bonds is 4. The summed E-state index contributed by atoms with van der Waals surface area (Å²) in [4.78, 5) is 3.88. The van der Waals surface area contributed by atoms with Crippen molar-refractivity contribution in [2.75, 3.05) is 7.05 Å². The van der Waals surface area contributed by atoms with E-state index >= 15 is 0 Å². The van der Waals surface area contributed by atoms with Crippen LogP contribution in [-0.4, -0.2) is 18.2 Å². The lowest BCUT2D eigenvalue weighted by Gasteiger charge is -2.16. The number of aromatic nitrogens is 1. The van der Waals surface area contributed by atoms with Crippen LogP contribution in [0.1, 0.15) is 24.4 Å². The van der Waals surface area contributed by atoms with Crippen LogP contribution in [0.25, 0.3) is 0 Å². The van der Waals surface area contributed by atoms with Crippen molar-refractivity contribution < 1.29 is 13.2 Å². The number of hydrogen-bond acceptors (Lipinski definition) is 2. The van der Waals surface area contributed by atoms with Crippen LogP contribution >= 0.6 is 0 Å². The number of halogens is 3. The Morgan fingerprint density at radius 2 is 2.20 bits per heavy atom. The van der Waals surface area contributed by atoms with Crippen LogP contribution < -0.4 is 5.32 Å². The van der Waals surface area contributed by atoms with Crippen LogP contribution in [0, 0.1) is 0 Å². The average molecular weight is 218 g/mol. The zero-order chi connectivity index (χ0) is 11.3. The van der Waals surface area contributed by atoms with Gasteiger partial charge in [-0.2, -0.15) is 13.2 Å². The SMILES string of the molecule is CNC(CCC(F)(F)F)c1cccnc1. The molecule has 0 aliphatic carbocycles. The van der Waals surface area contributed by atoms with E-state index in [1.807, 2.05) is 0 Å². The summed E-state index contributed by atoms with van der Waals surface area (Å²) in [5.74, 6) is 0. The fourth-order valence-electron chi connectivity index (χ4n) is 1.37. The van der Waals surface area contributed by atoms with Crippen LogP contribution in [0.4, 0.5) is 13.2 Å². The van der Waals surface area contributed by atoms with Gasteiger partial charge in [-0.05, 0) is 25.1 Å². The second kappa shape index (κ2) is 5.11. The molecule has 0 aliphatic rings. The number of pyridine rings is 1. The maximum atomic E-state index is 12.0. The summed E-state index contributed by atoms with van der Waals surface area (Å²) in [5.41, 5.74) is 0.782. The van der Waals surface area contributed by atoms with Crippen molar-refractivity contribution in [1.82, 2.24) is 10.3 Å². The summed E-state index contributed by atoms with van der Waals surface area (Å²) >= 11 is 0. The van der Waals surface area contributed by atoms with Gasteiger partial charge in [-0.1, -0.05) is 6.07 Å². The molecule has 1 N–H and O–H groups in total. The molecule has 15 heavy (non-hydrogen) atoms. The molecule has 84 valence electrons. The molecule has 0 amide bonds. The van der Waals surface area contributed by atoms with E-state index in [0.717, 1.165) is 5.56 Å². The van der Waals surface area contributed by atoms with E-state index in [-0.39, 0.29) is 12.5 Å². The number of nitrogens with one attached hydrogen (secondary N) is 1. The quantitative estimate of drug-likeness (QED) is 0.840. The van der Waals surface area contributed by atoms with Crippen molar-refractivity contribution >= 4 is 0 Å². The Kier molecular flexibility index (Phi) is 4.08. The van der Waals surface area contributed by atoms with Gasteiger partial charge in [0.05, 0.1) is 0 Å². The summed E-state index contributed by atoms with van der Waals surface area (Å²) in [7, 11) is 1.65. The second-order valence-corrected chi connectivity index (χ2v) is 3.28. The van der Waals surface area contributed by atoms with Gasteiger partial charge in [0.2, 0.25) is 0 Å². The molecule has 0 aromatic carbocycles. The molecular weight excluding hydrogens is 205 g/mol. The predicted octanol–water partition coefficient (Wildman–Crippen LogP) is 2.68. The Morgan fingerprint density at radius 3 is 2.67 bits per heavy atom. The molecule has 1 rings (SSSR count). The lowest BCUT2D eigenvalue weighted by atomic mass is 10.0. The molecular formula is C10H13F3N2. The van der Waals surface area contributed by atoms with Crippen molar-refractivity contribution in [1.29, 1.82) is 0 Å². The van der Waals surface area contributed by atoms with E-state index in [2.05, 4.69) is 10.3 Å². The molecule has 0 aliphatic heterocycles. The molecule has 0 fully saturated rings. The Balaban J connectivity index is 2.58. The van der Waals surface area contributed by atoms with E-state index in [1.165, 1.54) is 0 Å². The maximum absolute atomic E-state index is 12.0. The fourth-order valence-corrected chi connectivity index (χ4v) is 1.37. The van der Waals surface area contributed by atoms with E-state index in [1.54, 1.807) is 31.6 Å². The van der Waals surface area contributed by atoms with Gasteiger partial charge >= 0.3 is 6.18 Å². The predicted molar refractivity (Wildman–Crippen MR) is 51.3 cm³/mol. The zero-order valence-corrected chi connectivity index (χ0v) is 8.38. The smallest absolute Gasteiger partial charge is 0.313 e. The third kappa shape index (κ3) is 4.29. The highest BCUT2D eigenvalue weighted by molar-refractivity contribution is 5.13. The molecule has 0 saturated heterocycles. The van der Waals surface area contributed by atoms with Gasteiger partial charge in [-0.15, -0.1) is 0 Å². The largest absolute Gasteiger partial charge is 0.389 e. The zero-order valence-electron chi connectivity index (χ0n) is 8.38. The van der Waals surface area contributed by atoms with Crippen molar-refractivity contribution in [3.63, 3.8) is 0 Å². The van der Waals surface area contributed by atoms with Crippen molar-refractivity contribution in [3.8, 4) is 0 Å². The van der Waals surface area contributed by atoms with Crippen molar-refractivity contribution in [2.24, 2.45) is 0 Å². The first-order valence-electron chi connectivity index (χ1n) is 4.67. The standard InChI is InChI=1S/C10H13F3N2/c1-14-9(4-5-10(11,12)13)8-3-2-6-15-7-8/h2-3,6-7,9,14H,4-5H2,1H3. The molecule has 0 radical (unpaired) electrons. The molecule has 1 aromatic heterocycles. The Labute approximate surface area is 86.5 Å². The fraction of sp³-hybridized carbons (Fsp3) is 0.500. The molecule has 1 atom stereocenters. The highest BCUT2D eigenvalue weighted by Gasteiger charge is 2.28. The van der Waals surface area contributed by atoms with Crippen LogP contribution in [0.15, 0.2) is 24.5 Å². The minimum atomic E-state index is -4.10. The molecule has 2 nitrogen and oxygen atoms in total. The molecule has 1 heterocycles. The summed E-state index contributed by atoms with van der Waals surface area (Å²) in [6.45, 7) is 0. The topological polar surface area (TPSA) is 24.9 Å². The average Bonchev–Trinajstić information content (AvgIpc) is 2.19. The molecule has 0 bridgehead atoms. The van der Waals surface area contributed by atoms with E-state index in [9.17, 15) is 13.2 Å². The first-order chi connectivity index (χ1) is 7.03. The van der Waals surface area contributed by atoms with E-state index in [0.29, 0.717) is 0 Å². The highest BCUT2D eigenvalue weighted by atomic mass is 19.4. The highest BCUT2D eigenvalue weighted by Crippen LogP contribution is 2.26. The van der Waals surface area contributed by atoms with Gasteiger partial charge in [0, 0.05) is 24.9 Å². The van der Waals surface area contributed by atoms with Gasteiger partial charge in [0.15, 0.2) is 0 Å². The van der Waals surface area contributed by atoms with Crippen LogP contribution in [0.5, 0.6) is 0 Å². The number of alkyl halides is 3. The van der Waals surface area contributed by atoms with Gasteiger partial charge in [-0.3, -0.25) is 4.98 Å². The maximum Gasteiger partial charge on any atom is 0.389 e. The Hall–Kier alpha value is -1.10. The summed E-state index contributed by atoms with van der Waals surface area (Å²) in [6.07, 6.45) is -1.67. The van der Waals surface area contributed by atoms with Gasteiger partial charge < -0.3 is 5.32 Å². The van der Waals surface area contributed by atoms with Crippen LogP contribution in [0.3, 0.4) is 0 Å². The van der Waals surface area contributed by atoms with Crippen molar-refractivity contribution in [3.05, 3.63) is 30.1 Å². The normalized spacial score (nSPS) is 13.9. The molecule has 0 spiro atoms. The lowest BCUT2D eigenvalue weighted by molar-refractivity contribution is -0.136. The number of hydrogen-bond donors (Lipinski definition) is 1. The first-order valence-corrected chi connectivity index (χ1v) is 4.67. The van der Waals surface area contributed by atoms with Crippen molar-refractivity contribution in [2.45, 2.75) is 25.1 Å². The minimum absolute atomic E-state index is 0.0334. The van der Waals surface area contributed by atoms with Gasteiger partial charge in [0.1, 0.15) is 0 Å². The Morgan fingerprint density at radius 1 is 1.47 bits per heavy atom. The molecule has 1 aromatic rings. The van der Waals surface area contributed by atoms with Gasteiger partial charge in [-0.25, -0.2) is 0 Å². The summed E-state index contributed by atoms with van der Waals surface area (Å²) in [6, 6.07) is 3.19. The lowest BCUT2D eigenvalue weighted by Crippen LogP contribution is -2.19. The van der Waals surface area contributed by atoms with Crippen LogP contribution in [0.2, 0.25) is 0 Å². The molecule has 0 saturated carbocycles. The van der Waals surface area contributed by atoms with E-state index < -0.39 is 12.6 Å². The Bertz CT molecular complexity index is 284. The van der Waals surface area contributed by atoms with E-state index in [4.69, 9.17) is 0 Å². The first kappa shape index (κ1) is 12.0. The third-order valence-electron chi connectivity index (χ3n) is 2.15. The summed E-state index contributed by atoms with van der Waals surface area (Å²) < 4.78 is 36.1. The number of nitrogens with zero attached hydrogens (tertiary/aromatic N) is 1. The summed E-state index contributed by atoms with van der Waals surface area (Å²) in [5, 5.41) is 2.85. The third-order valence-corrected chi connectivity index (χ3v) is 2.15. The minimum Gasteiger partial charge on any atom is -0.313 e. The molecule has 5 heteroatoms. The monoisotopic (exact) mass is 218 g/mol. The van der Waals surface area contributed by atoms with Crippen LogP contribution in [-0.2, 0) is 0 Å². The van der Waals surface area contributed by atoms with Gasteiger partial charge in [0.25, 0.3) is 0 Å². The second-order valence-electron chi connectivity index (χ2n) is 3.28. The molecule has 1 unspecified atom stereocenters.